The quantitative estimate of drug-likeness (QED) is 0.667. The molecule has 1 fully saturated rings. The lowest BCUT2D eigenvalue weighted by Crippen LogP contribution is -2.68. The number of fused-ring (bicyclic) bond motifs is 1. The molecular weight excluding hydrogens is 304 g/mol. The van der Waals surface area contributed by atoms with Crippen LogP contribution < -0.4 is 0 Å². The standard InChI is InChI=1S/C11H15ClN4O5/c1-19-11-8(13-7(14-11)5-4-6-12)9(17)15(20-2)10(18)16(11)21-3/h4-6H2,1-3H3. The maximum atomic E-state index is 12.3. The van der Waals surface area contributed by atoms with Gasteiger partial charge in [-0.3, -0.25) is 14.5 Å². The molecule has 0 aromatic heterocycles. The Morgan fingerprint density at radius 3 is 2.48 bits per heavy atom. The van der Waals surface area contributed by atoms with Crippen molar-refractivity contribution in [3.8, 4) is 0 Å². The van der Waals surface area contributed by atoms with Gasteiger partial charge >= 0.3 is 17.8 Å². The lowest BCUT2D eigenvalue weighted by Gasteiger charge is -2.40. The molecule has 10 heteroatoms. The van der Waals surface area contributed by atoms with Crippen LogP contribution in [0, 0.1) is 0 Å². The van der Waals surface area contributed by atoms with Crippen LogP contribution in [-0.4, -0.2) is 66.7 Å². The molecule has 0 spiro atoms. The Hall–Kier alpha value is -1.55. The summed E-state index contributed by atoms with van der Waals surface area (Å²) in [5.41, 5.74) is -0.0992. The summed E-state index contributed by atoms with van der Waals surface area (Å²) in [5, 5.41) is 1.32. The van der Waals surface area contributed by atoms with Crippen molar-refractivity contribution >= 4 is 35.1 Å². The summed E-state index contributed by atoms with van der Waals surface area (Å²) in [6.07, 6.45) is 1.07. The Labute approximate surface area is 126 Å². The van der Waals surface area contributed by atoms with Crippen LogP contribution in [0.2, 0.25) is 0 Å². The number of halogens is 1. The molecule has 0 saturated carbocycles. The summed E-state index contributed by atoms with van der Waals surface area (Å²) in [6.45, 7) is 0. The first-order chi connectivity index (χ1) is 10.1. The first-order valence-electron chi connectivity index (χ1n) is 6.11. The molecule has 3 amide bonds. The van der Waals surface area contributed by atoms with Crippen LogP contribution in [0.3, 0.4) is 0 Å². The van der Waals surface area contributed by atoms with E-state index in [2.05, 4.69) is 9.98 Å². The van der Waals surface area contributed by atoms with Gasteiger partial charge in [-0.25, -0.2) is 14.8 Å². The van der Waals surface area contributed by atoms with Gasteiger partial charge in [-0.1, -0.05) is 0 Å². The smallest absolute Gasteiger partial charge is 0.333 e. The van der Waals surface area contributed by atoms with Gasteiger partial charge in [0.15, 0.2) is 5.71 Å². The van der Waals surface area contributed by atoms with E-state index in [4.69, 9.17) is 26.0 Å². The normalized spacial score (nSPS) is 25.1. The van der Waals surface area contributed by atoms with Crippen molar-refractivity contribution < 1.29 is 24.0 Å². The molecule has 2 heterocycles. The summed E-state index contributed by atoms with van der Waals surface area (Å²) in [6, 6.07) is -0.854. The Bertz CT molecular complexity index is 523. The van der Waals surface area contributed by atoms with Gasteiger partial charge in [0, 0.05) is 19.4 Å². The van der Waals surface area contributed by atoms with Crippen LogP contribution in [0.4, 0.5) is 4.79 Å². The number of urea groups is 1. The van der Waals surface area contributed by atoms with Crippen molar-refractivity contribution in [2.24, 2.45) is 9.98 Å². The summed E-state index contributed by atoms with van der Waals surface area (Å²) < 4.78 is 5.28. The van der Waals surface area contributed by atoms with Gasteiger partial charge in [-0.2, -0.15) is 0 Å². The van der Waals surface area contributed by atoms with Crippen LogP contribution in [0.1, 0.15) is 12.8 Å². The number of rotatable bonds is 6. The fraction of sp³-hybridized carbons (Fsp3) is 0.636. The number of alkyl halides is 1. The minimum atomic E-state index is -1.72. The van der Waals surface area contributed by atoms with Crippen LogP contribution in [0.25, 0.3) is 0 Å². The summed E-state index contributed by atoms with van der Waals surface area (Å²) in [7, 11) is 3.75. The molecule has 0 aliphatic carbocycles. The van der Waals surface area contributed by atoms with Gasteiger partial charge in [0.1, 0.15) is 5.84 Å². The molecule has 2 rings (SSSR count). The number of hydrogen-bond donors (Lipinski definition) is 0. The predicted octanol–water partition coefficient (Wildman–Crippen LogP) is 0.546. The van der Waals surface area contributed by atoms with Crippen LogP contribution in [-0.2, 0) is 19.2 Å². The van der Waals surface area contributed by atoms with E-state index >= 15 is 0 Å². The highest BCUT2D eigenvalue weighted by molar-refractivity contribution is 6.47. The number of amidine groups is 1. The first kappa shape index (κ1) is 15.8. The number of carbonyl (C=O) groups excluding carboxylic acids is 2. The number of imide groups is 1. The SMILES string of the molecule is CON1C(=O)C2=NC(CCCCl)=NC2(OC)N(OC)C1=O. The highest BCUT2D eigenvalue weighted by Crippen LogP contribution is 2.33. The molecular formula is C11H15ClN4O5. The van der Waals surface area contributed by atoms with Gasteiger partial charge < -0.3 is 4.74 Å². The molecule has 0 radical (unpaired) electrons. The molecule has 2 aliphatic rings. The second-order valence-electron chi connectivity index (χ2n) is 4.13. The maximum absolute atomic E-state index is 12.3. The zero-order chi connectivity index (χ0) is 15.6. The van der Waals surface area contributed by atoms with Crippen molar-refractivity contribution in [1.82, 2.24) is 10.1 Å². The molecule has 0 aromatic carbocycles. The number of ether oxygens (including phenoxy) is 1. The molecule has 0 aromatic rings. The summed E-state index contributed by atoms with van der Waals surface area (Å²) in [5.74, 6) is -1.69. The fourth-order valence-electron chi connectivity index (χ4n) is 2.10. The Morgan fingerprint density at radius 1 is 1.24 bits per heavy atom. The van der Waals surface area contributed by atoms with Crippen molar-refractivity contribution in [2.45, 2.75) is 18.7 Å². The van der Waals surface area contributed by atoms with E-state index in [9.17, 15) is 9.59 Å². The number of methoxy groups -OCH3 is 1. The number of nitrogens with zero attached hydrogens (tertiary/aromatic N) is 4. The lowest BCUT2D eigenvalue weighted by molar-refractivity contribution is -0.246. The van der Waals surface area contributed by atoms with Gasteiger partial charge in [-0.05, 0) is 6.42 Å². The van der Waals surface area contributed by atoms with E-state index in [1.54, 1.807) is 0 Å². The minimum absolute atomic E-state index is 0.0992. The summed E-state index contributed by atoms with van der Waals surface area (Å²) in [4.78, 5) is 42.6. The van der Waals surface area contributed by atoms with Crippen molar-refractivity contribution in [3.63, 3.8) is 0 Å². The van der Waals surface area contributed by atoms with Crippen LogP contribution >= 0.6 is 11.6 Å². The molecule has 9 nitrogen and oxygen atoms in total. The lowest BCUT2D eigenvalue weighted by atomic mass is 10.2. The fourth-order valence-corrected chi connectivity index (χ4v) is 2.24. The van der Waals surface area contributed by atoms with E-state index < -0.39 is 17.8 Å². The second-order valence-corrected chi connectivity index (χ2v) is 4.51. The van der Waals surface area contributed by atoms with E-state index in [1.165, 1.54) is 21.3 Å². The molecule has 0 N–H and O–H groups in total. The van der Waals surface area contributed by atoms with Gasteiger partial charge in [0.05, 0.1) is 14.2 Å². The molecule has 1 saturated heterocycles. The Kier molecular flexibility index (Phi) is 4.57. The van der Waals surface area contributed by atoms with Gasteiger partial charge in [0.2, 0.25) is 0 Å². The topological polar surface area (TPSA) is 93.0 Å². The van der Waals surface area contributed by atoms with Crippen molar-refractivity contribution in [1.29, 1.82) is 0 Å². The molecule has 1 atom stereocenters. The molecule has 21 heavy (non-hydrogen) atoms. The van der Waals surface area contributed by atoms with E-state index in [0.717, 1.165) is 5.06 Å². The highest BCUT2D eigenvalue weighted by Gasteiger charge is 2.60. The third-order valence-electron chi connectivity index (χ3n) is 3.02. The Balaban J connectivity index is 2.47. The first-order valence-corrected chi connectivity index (χ1v) is 6.65. The van der Waals surface area contributed by atoms with E-state index in [-0.39, 0.29) is 5.71 Å². The van der Waals surface area contributed by atoms with Crippen LogP contribution in [0.15, 0.2) is 9.98 Å². The molecule has 116 valence electrons. The maximum Gasteiger partial charge on any atom is 0.380 e. The average molecular weight is 319 g/mol. The molecule has 0 bridgehead atoms. The molecule has 2 aliphatic heterocycles. The van der Waals surface area contributed by atoms with E-state index in [0.29, 0.717) is 29.6 Å². The third kappa shape index (κ3) is 2.31. The van der Waals surface area contributed by atoms with Gasteiger partial charge in [-0.15, -0.1) is 21.7 Å². The summed E-state index contributed by atoms with van der Waals surface area (Å²) >= 11 is 5.64. The third-order valence-corrected chi connectivity index (χ3v) is 3.29. The zero-order valence-electron chi connectivity index (χ0n) is 11.8. The number of aliphatic imine (C=N–C) groups is 2. The number of hydroxylamine groups is 4. The average Bonchev–Trinajstić information content (AvgIpc) is 2.86. The minimum Gasteiger partial charge on any atom is -0.333 e. The zero-order valence-corrected chi connectivity index (χ0v) is 12.6. The highest BCUT2D eigenvalue weighted by atomic mass is 35.5. The second kappa shape index (κ2) is 6.06. The largest absolute Gasteiger partial charge is 0.380 e. The predicted molar refractivity (Wildman–Crippen MR) is 72.7 cm³/mol. The number of amides is 3. The Morgan fingerprint density at radius 2 is 1.95 bits per heavy atom. The van der Waals surface area contributed by atoms with Crippen molar-refractivity contribution in [3.05, 3.63) is 0 Å². The molecule has 1 unspecified atom stereocenters. The number of hydrogen-bond acceptors (Lipinski definition) is 7. The van der Waals surface area contributed by atoms with Crippen molar-refractivity contribution in [2.75, 3.05) is 27.2 Å². The van der Waals surface area contributed by atoms with Crippen LogP contribution in [0.5, 0.6) is 0 Å². The van der Waals surface area contributed by atoms with Gasteiger partial charge in [0.25, 0.3) is 0 Å². The number of carbonyl (C=O) groups is 2. The van der Waals surface area contributed by atoms with E-state index in [1.807, 2.05) is 0 Å². The monoisotopic (exact) mass is 318 g/mol.